The number of nitrogens with zero attached hydrogens (tertiary/aromatic N) is 8. The first-order valence-corrected chi connectivity index (χ1v) is 47.5. The number of benzene rings is 11. The van der Waals surface area contributed by atoms with Crippen molar-refractivity contribution >= 4 is 0 Å². The normalized spacial score (nSPS) is 12.9. The van der Waals surface area contributed by atoms with Gasteiger partial charge in [0, 0.05) is 100 Å². The van der Waals surface area contributed by atoms with Gasteiger partial charge >= 0.3 is 20.1 Å². The van der Waals surface area contributed by atoms with Gasteiger partial charge in [0.05, 0.1) is 5.56 Å². The quantitative estimate of drug-likeness (QED) is 0.0554. The number of fused-ring (bicyclic) bond motifs is 9. The van der Waals surface area contributed by atoms with Crippen LogP contribution in [0.1, 0.15) is 130 Å². The predicted molar refractivity (Wildman–Crippen MR) is 550 cm³/mol. The molecular formula is C127H108Ir3N8-3. The summed E-state index contributed by atoms with van der Waals surface area (Å²) in [6, 6.07) is 145. The molecule has 11 aromatic carbocycles. The van der Waals surface area contributed by atoms with Crippen molar-refractivity contribution in [3.63, 3.8) is 0 Å². The molecule has 4 aliphatic rings. The molecule has 0 saturated heterocycles. The number of aromatic nitrogens is 8. The van der Waals surface area contributed by atoms with E-state index < -0.39 is 0 Å². The second-order valence-corrected chi connectivity index (χ2v) is 35.5. The van der Waals surface area contributed by atoms with Crippen LogP contribution in [0.3, 0.4) is 0 Å². The molecule has 0 N–H and O–H groups in total. The van der Waals surface area contributed by atoms with E-state index in [2.05, 4.69) is 233 Å². The average Bonchev–Trinajstić information content (AvgIpc) is 1.58. The Hall–Kier alpha value is -13.4. The summed E-state index contributed by atoms with van der Waals surface area (Å²) in [4.78, 5) is 31.9. The molecule has 1 aliphatic heterocycles. The molecular weight excluding hydrogens is 2210 g/mol. The second-order valence-electron chi connectivity index (χ2n) is 35.5. The smallest absolute Gasteiger partial charge is 0.305 e. The monoisotopic (exact) mass is 2320 g/mol. The molecule has 11 heteroatoms. The van der Waals surface area contributed by atoms with Gasteiger partial charge < -0.3 is 34.9 Å². The third-order valence-electron chi connectivity index (χ3n) is 25.5. The Morgan fingerprint density at radius 3 is 1.19 bits per heavy atom. The number of hydrogen-bond donors (Lipinski definition) is 0. The van der Waals surface area contributed by atoms with Crippen LogP contribution in [-0.2, 0) is 125 Å². The SMILES string of the molecule is CC(C)Cc1cccc(-c2[c-]cccc2)n1.Cc1ccccc1-c1ccc(-c2[c-]cccc2)nc1.[Ir+3].[Ir].[Ir].[c-]1ccc(-c2ccccc2)cc1-c1ccccn1.[c-]1ccccc1-c1ccc(CCc2cc(CCc3ccc(-c4[c-]cccc4)nc3)cc(CCc3ccc(-c4[c-]cccc4)nc3)c2)cn1.[c-]1ccccc1-c1ccccn1.c1c2c(cc3c1C[n+]1cc4c(cc1-3)C1CCC4C1)CCCC2. The fourth-order valence-corrected chi connectivity index (χ4v) is 18.5. The van der Waals surface area contributed by atoms with Crippen LogP contribution in [0.5, 0.6) is 0 Å². The zero-order chi connectivity index (χ0) is 91.5. The van der Waals surface area contributed by atoms with Gasteiger partial charge in [0.1, 0.15) is 0 Å². The first-order chi connectivity index (χ1) is 66.6. The molecule has 0 amide bonds. The van der Waals surface area contributed by atoms with Crippen LogP contribution in [0, 0.1) is 55.3 Å². The van der Waals surface area contributed by atoms with Crippen molar-refractivity contribution in [3.05, 3.63) is 516 Å². The fraction of sp³-hybridized carbons (Fsp3) is 0.165. The molecule has 8 nitrogen and oxygen atoms in total. The van der Waals surface area contributed by atoms with E-state index in [1.165, 1.54) is 112 Å². The van der Waals surface area contributed by atoms with Gasteiger partial charge in [-0.1, -0.05) is 172 Å². The van der Waals surface area contributed by atoms with E-state index in [4.69, 9.17) is 15.0 Å². The average molecular weight is 2320 g/mol. The number of hydrogen-bond acceptors (Lipinski definition) is 7. The minimum absolute atomic E-state index is 0. The van der Waals surface area contributed by atoms with Crippen molar-refractivity contribution in [1.29, 1.82) is 0 Å². The van der Waals surface area contributed by atoms with E-state index in [0.717, 1.165) is 153 Å². The summed E-state index contributed by atoms with van der Waals surface area (Å²) in [5.74, 6) is 2.38. The Bertz CT molecular complexity index is 6650. The van der Waals surface area contributed by atoms with Crippen LogP contribution < -0.4 is 4.57 Å². The van der Waals surface area contributed by atoms with E-state index in [1.54, 1.807) is 40.2 Å². The van der Waals surface area contributed by atoms with E-state index in [1.807, 2.05) is 243 Å². The van der Waals surface area contributed by atoms with E-state index in [0.29, 0.717) is 5.92 Å². The zero-order valence-electron chi connectivity index (χ0n) is 78.0. The number of pyridine rings is 8. The van der Waals surface area contributed by atoms with Crippen LogP contribution in [0.15, 0.2) is 401 Å². The van der Waals surface area contributed by atoms with Crippen LogP contribution in [0.2, 0.25) is 0 Å². The minimum atomic E-state index is 0. The molecule has 2 unspecified atom stereocenters. The summed E-state index contributed by atoms with van der Waals surface area (Å²) in [6.07, 6.45) is 30.4. The van der Waals surface area contributed by atoms with Gasteiger partial charge in [-0.25, -0.2) is 0 Å². The standard InChI is InChI=1S/C45H36N3.C21H22N.C18H14N.C17H12N.C15H16N.C11H8N.3Ir/c1-4-10-40(11-5-1)43-25-22-34(31-46-43)16-19-37-28-38(20-17-35-23-26-44(47-32-35)41-12-6-2-7-13-41)30-39(29-37)21-18-36-24-27-45(48-33-36)42-14-8-3-9-15-42;1-2-4-14-9-19-17(7-13(14)3-1)11-22-12-20-16-6-5-15(8-16)18(20)10-21(19)22;1-14-7-5-6-10-17(14)16-11-12-18(19-13-16)15-8-3-2-4-9-15;1-2-7-14(8-3-1)15-9-6-10-16(13-15)17-11-4-5-12-18-17;1-12(2)11-14-9-6-10-15(16-14)13-7-4-3-5-8-13;1-2-6-10(7-3-1)11-8-4-5-9-12-11;;;/h1-10,12,14,22-33H,16-21H2;7,9-10,12,15-16H,1-6,8,11H2;2-8,10-13H,1H3;1-9,11-13H;3-7,9-10,12H,11H2,1-2H3;1-6,8-9H;;;/q-3;+1;4*-1;;;+3. The summed E-state index contributed by atoms with van der Waals surface area (Å²) >= 11 is 0. The molecule has 3 aliphatic carbocycles. The van der Waals surface area contributed by atoms with Crippen molar-refractivity contribution in [2.75, 3.05) is 0 Å². The van der Waals surface area contributed by atoms with Gasteiger partial charge in [0.15, 0.2) is 12.7 Å². The second kappa shape index (κ2) is 50.1. The Labute approximate surface area is 856 Å². The summed E-state index contributed by atoms with van der Waals surface area (Å²) < 4.78 is 2.54. The first kappa shape index (κ1) is 99.1. The summed E-state index contributed by atoms with van der Waals surface area (Å²) in [7, 11) is 0. The predicted octanol–water partition coefficient (Wildman–Crippen LogP) is 28.9. The molecule has 138 heavy (non-hydrogen) atoms. The molecule has 23 rings (SSSR count). The number of rotatable bonds is 20. The largest absolute Gasteiger partial charge is 3.00 e. The van der Waals surface area contributed by atoms with Crippen LogP contribution >= 0.6 is 0 Å². The molecule has 1 saturated carbocycles. The van der Waals surface area contributed by atoms with E-state index in [9.17, 15) is 0 Å². The van der Waals surface area contributed by atoms with Crippen molar-refractivity contribution < 1.29 is 64.9 Å². The van der Waals surface area contributed by atoms with Crippen LogP contribution in [0.25, 0.3) is 112 Å². The maximum absolute atomic E-state index is 4.73. The summed E-state index contributed by atoms with van der Waals surface area (Å²) in [6.45, 7) is 7.64. The van der Waals surface area contributed by atoms with Crippen LogP contribution in [-0.4, -0.2) is 34.9 Å². The van der Waals surface area contributed by atoms with Crippen molar-refractivity contribution in [2.45, 2.75) is 129 Å². The fourth-order valence-electron chi connectivity index (χ4n) is 18.5. The molecule has 2 bridgehead atoms. The summed E-state index contributed by atoms with van der Waals surface area (Å²) in [5.41, 5.74) is 40.2. The zero-order valence-corrected chi connectivity index (χ0v) is 85.2. The summed E-state index contributed by atoms with van der Waals surface area (Å²) in [5, 5.41) is 0. The minimum Gasteiger partial charge on any atom is -0.305 e. The van der Waals surface area contributed by atoms with Crippen molar-refractivity contribution in [1.82, 2.24) is 34.9 Å². The molecule has 2 radical (unpaired) electrons. The van der Waals surface area contributed by atoms with Gasteiger partial charge in [0.2, 0.25) is 5.69 Å². The maximum Gasteiger partial charge on any atom is 3.00 e. The van der Waals surface area contributed by atoms with Crippen molar-refractivity contribution in [2.24, 2.45) is 5.92 Å². The molecule has 1 fully saturated rings. The topological polar surface area (TPSA) is 94.1 Å². The molecule has 9 heterocycles. The third kappa shape index (κ3) is 26.7. The van der Waals surface area contributed by atoms with Gasteiger partial charge in [-0.15, -0.1) is 251 Å². The Morgan fingerprint density at radius 2 is 0.739 bits per heavy atom. The van der Waals surface area contributed by atoms with Gasteiger partial charge in [-0.2, -0.15) is 4.57 Å². The van der Waals surface area contributed by atoms with Crippen molar-refractivity contribution in [3.8, 4) is 112 Å². The Balaban J connectivity index is 0.000000135. The van der Waals surface area contributed by atoms with Gasteiger partial charge in [0.25, 0.3) is 0 Å². The molecule has 0 spiro atoms. The number of aryl methyl sites for hydroxylation is 9. The third-order valence-corrected chi connectivity index (χ3v) is 25.5. The molecule has 2 atom stereocenters. The first-order valence-electron chi connectivity index (χ1n) is 47.5. The molecule has 19 aromatic rings. The van der Waals surface area contributed by atoms with E-state index >= 15 is 0 Å². The maximum atomic E-state index is 4.73. The Morgan fingerprint density at radius 1 is 0.319 bits per heavy atom. The molecule has 8 aromatic heterocycles. The molecule has 686 valence electrons. The Kier molecular flexibility index (Phi) is 35.9. The van der Waals surface area contributed by atoms with E-state index in [-0.39, 0.29) is 60.3 Å². The van der Waals surface area contributed by atoms with Crippen LogP contribution in [0.4, 0.5) is 0 Å². The van der Waals surface area contributed by atoms with Gasteiger partial charge in [-0.05, 0) is 257 Å². The van der Waals surface area contributed by atoms with Gasteiger partial charge in [-0.3, -0.25) is 0 Å².